The molecule has 0 atom stereocenters. The number of hydrogen-bond acceptors (Lipinski definition) is 4. The molecule has 0 bridgehead atoms. The number of nitrogens with zero attached hydrogens (tertiary/aromatic N) is 1. The summed E-state index contributed by atoms with van der Waals surface area (Å²) in [6.45, 7) is 0.910. The van der Waals surface area contributed by atoms with Crippen LogP contribution in [-0.4, -0.2) is 29.5 Å². The Hall–Kier alpha value is -3.80. The molecule has 30 heavy (non-hydrogen) atoms. The molecule has 6 nitrogen and oxygen atoms in total. The van der Waals surface area contributed by atoms with E-state index >= 15 is 0 Å². The maximum Gasteiger partial charge on any atom is 0.251 e. The third kappa shape index (κ3) is 4.60. The molecule has 0 fully saturated rings. The number of amides is 1. The van der Waals surface area contributed by atoms with Crippen LogP contribution in [0.25, 0.3) is 11.0 Å². The fourth-order valence-corrected chi connectivity index (χ4v) is 3.18. The molecule has 0 aliphatic rings. The van der Waals surface area contributed by atoms with Crippen molar-refractivity contribution in [3.8, 4) is 11.5 Å². The van der Waals surface area contributed by atoms with Crippen molar-refractivity contribution in [2.75, 3.05) is 13.7 Å². The van der Waals surface area contributed by atoms with Gasteiger partial charge in [-0.3, -0.25) is 4.79 Å². The second-order valence-electron chi connectivity index (χ2n) is 6.85. The Balaban J connectivity index is 1.35. The summed E-state index contributed by atoms with van der Waals surface area (Å²) in [5.41, 5.74) is 3.50. The van der Waals surface area contributed by atoms with Crippen LogP contribution >= 0.6 is 0 Å². The molecule has 1 aromatic heterocycles. The summed E-state index contributed by atoms with van der Waals surface area (Å²) < 4.78 is 11.3. The van der Waals surface area contributed by atoms with Gasteiger partial charge in [0.1, 0.15) is 12.4 Å². The van der Waals surface area contributed by atoms with Crippen molar-refractivity contribution >= 4 is 16.9 Å². The average Bonchev–Trinajstić information content (AvgIpc) is 3.21. The van der Waals surface area contributed by atoms with Crippen molar-refractivity contribution < 1.29 is 14.3 Å². The number of nitrogens with one attached hydrogen (secondary N) is 2. The van der Waals surface area contributed by atoms with Crippen LogP contribution in [0.4, 0.5) is 0 Å². The van der Waals surface area contributed by atoms with E-state index in [0.29, 0.717) is 36.6 Å². The quantitative estimate of drug-likeness (QED) is 0.466. The number of rotatable bonds is 8. The Morgan fingerprint density at radius 1 is 1.00 bits per heavy atom. The molecule has 0 saturated carbocycles. The summed E-state index contributed by atoms with van der Waals surface area (Å²) in [6.07, 6.45) is 0.621. The third-order valence-electron chi connectivity index (χ3n) is 4.75. The first-order valence-corrected chi connectivity index (χ1v) is 9.79. The first-order chi connectivity index (χ1) is 14.7. The standard InChI is InChI=1S/C24H23N3O3/c1-29-22-15-18(11-12-21(22)30-16-17-7-3-2-4-8-17)24(28)25-14-13-23-26-19-9-5-6-10-20(19)27-23/h2-12,15H,13-14,16H2,1H3,(H,25,28)(H,26,27). The molecule has 0 aliphatic carbocycles. The maximum atomic E-state index is 12.5. The number of ether oxygens (including phenoxy) is 2. The van der Waals surface area contributed by atoms with Gasteiger partial charge >= 0.3 is 0 Å². The van der Waals surface area contributed by atoms with Crippen LogP contribution in [0.2, 0.25) is 0 Å². The van der Waals surface area contributed by atoms with Gasteiger partial charge in [0, 0.05) is 18.5 Å². The van der Waals surface area contributed by atoms with Crippen LogP contribution in [-0.2, 0) is 13.0 Å². The molecule has 0 saturated heterocycles. The third-order valence-corrected chi connectivity index (χ3v) is 4.75. The first kappa shape index (κ1) is 19.5. The van der Waals surface area contributed by atoms with Gasteiger partial charge in [-0.1, -0.05) is 42.5 Å². The predicted molar refractivity (Wildman–Crippen MR) is 116 cm³/mol. The van der Waals surface area contributed by atoms with E-state index in [1.165, 1.54) is 0 Å². The lowest BCUT2D eigenvalue weighted by atomic mass is 10.2. The van der Waals surface area contributed by atoms with Gasteiger partial charge in [-0.15, -0.1) is 0 Å². The normalized spacial score (nSPS) is 10.7. The molecule has 0 radical (unpaired) electrons. The fourth-order valence-electron chi connectivity index (χ4n) is 3.18. The van der Waals surface area contributed by atoms with Crippen molar-refractivity contribution in [3.63, 3.8) is 0 Å². The van der Waals surface area contributed by atoms with E-state index < -0.39 is 0 Å². The lowest BCUT2D eigenvalue weighted by molar-refractivity contribution is 0.0953. The van der Waals surface area contributed by atoms with Crippen molar-refractivity contribution in [2.45, 2.75) is 13.0 Å². The summed E-state index contributed by atoms with van der Waals surface area (Å²) >= 11 is 0. The molecule has 4 aromatic rings. The average molecular weight is 401 g/mol. The lowest BCUT2D eigenvalue weighted by Gasteiger charge is -2.12. The molecule has 6 heteroatoms. The van der Waals surface area contributed by atoms with Crippen LogP contribution in [0.15, 0.2) is 72.8 Å². The van der Waals surface area contributed by atoms with E-state index in [-0.39, 0.29) is 5.91 Å². The highest BCUT2D eigenvalue weighted by Gasteiger charge is 2.12. The highest BCUT2D eigenvalue weighted by Crippen LogP contribution is 2.28. The molecule has 2 N–H and O–H groups in total. The molecule has 1 amide bonds. The minimum atomic E-state index is -0.168. The topological polar surface area (TPSA) is 76.2 Å². The maximum absolute atomic E-state index is 12.5. The molecule has 1 heterocycles. The Morgan fingerprint density at radius 2 is 1.80 bits per heavy atom. The van der Waals surface area contributed by atoms with Gasteiger partial charge in [-0.05, 0) is 35.9 Å². The van der Waals surface area contributed by atoms with Crippen LogP contribution in [0.1, 0.15) is 21.7 Å². The van der Waals surface area contributed by atoms with Gasteiger partial charge in [-0.25, -0.2) is 4.98 Å². The number of imidazole rings is 1. The second-order valence-corrected chi connectivity index (χ2v) is 6.85. The van der Waals surface area contributed by atoms with E-state index in [1.54, 1.807) is 25.3 Å². The van der Waals surface area contributed by atoms with Crippen molar-refractivity contribution in [1.29, 1.82) is 0 Å². The number of hydrogen-bond donors (Lipinski definition) is 2. The summed E-state index contributed by atoms with van der Waals surface area (Å²) in [6, 6.07) is 22.9. The highest BCUT2D eigenvalue weighted by molar-refractivity contribution is 5.94. The molecule has 0 spiro atoms. The fraction of sp³-hybridized carbons (Fsp3) is 0.167. The Morgan fingerprint density at radius 3 is 2.60 bits per heavy atom. The summed E-state index contributed by atoms with van der Waals surface area (Å²) in [5.74, 6) is 1.80. The molecular weight excluding hydrogens is 378 g/mol. The van der Waals surface area contributed by atoms with Crippen molar-refractivity contribution in [1.82, 2.24) is 15.3 Å². The zero-order chi connectivity index (χ0) is 20.8. The molecule has 0 aliphatic heterocycles. The minimum Gasteiger partial charge on any atom is -0.493 e. The number of carbonyl (C=O) groups excluding carboxylic acids is 1. The van der Waals surface area contributed by atoms with Gasteiger partial charge in [0.2, 0.25) is 0 Å². The van der Waals surface area contributed by atoms with Crippen LogP contribution in [0, 0.1) is 0 Å². The zero-order valence-corrected chi connectivity index (χ0v) is 16.7. The van der Waals surface area contributed by atoms with E-state index in [2.05, 4.69) is 15.3 Å². The van der Waals surface area contributed by atoms with E-state index in [4.69, 9.17) is 9.47 Å². The smallest absolute Gasteiger partial charge is 0.251 e. The van der Waals surface area contributed by atoms with Gasteiger partial charge < -0.3 is 19.8 Å². The molecule has 0 unspecified atom stereocenters. The second kappa shape index (κ2) is 9.13. The number of carbonyl (C=O) groups is 1. The number of methoxy groups -OCH3 is 1. The molecular formula is C24H23N3O3. The zero-order valence-electron chi connectivity index (χ0n) is 16.7. The molecule has 152 valence electrons. The van der Waals surface area contributed by atoms with Crippen LogP contribution in [0.5, 0.6) is 11.5 Å². The number of benzene rings is 3. The Bertz CT molecular complexity index is 1110. The summed E-state index contributed by atoms with van der Waals surface area (Å²) in [4.78, 5) is 20.3. The monoisotopic (exact) mass is 401 g/mol. The van der Waals surface area contributed by atoms with Gasteiger partial charge in [0.25, 0.3) is 5.91 Å². The van der Waals surface area contributed by atoms with Crippen LogP contribution < -0.4 is 14.8 Å². The number of H-pyrrole nitrogens is 1. The van der Waals surface area contributed by atoms with E-state index in [9.17, 15) is 4.79 Å². The minimum absolute atomic E-state index is 0.168. The number of aromatic nitrogens is 2. The van der Waals surface area contributed by atoms with Gasteiger partial charge in [-0.2, -0.15) is 0 Å². The lowest BCUT2D eigenvalue weighted by Crippen LogP contribution is -2.26. The summed E-state index contributed by atoms with van der Waals surface area (Å²) in [5, 5.41) is 2.93. The Labute approximate surface area is 174 Å². The molecule has 3 aromatic carbocycles. The van der Waals surface area contributed by atoms with Gasteiger partial charge in [0.05, 0.1) is 18.1 Å². The first-order valence-electron chi connectivity index (χ1n) is 9.79. The Kier molecular flexibility index (Phi) is 5.94. The van der Waals surface area contributed by atoms with Gasteiger partial charge in [0.15, 0.2) is 11.5 Å². The number of aromatic amines is 1. The van der Waals surface area contributed by atoms with E-state index in [0.717, 1.165) is 22.4 Å². The highest BCUT2D eigenvalue weighted by atomic mass is 16.5. The predicted octanol–water partition coefficient (Wildman–Crippen LogP) is 4.12. The largest absolute Gasteiger partial charge is 0.493 e. The van der Waals surface area contributed by atoms with Crippen LogP contribution in [0.3, 0.4) is 0 Å². The number of para-hydroxylation sites is 2. The van der Waals surface area contributed by atoms with Crippen molar-refractivity contribution in [3.05, 3.63) is 89.7 Å². The summed E-state index contributed by atoms with van der Waals surface area (Å²) in [7, 11) is 1.56. The van der Waals surface area contributed by atoms with E-state index in [1.807, 2.05) is 54.6 Å². The number of fused-ring (bicyclic) bond motifs is 1. The SMILES string of the molecule is COc1cc(C(=O)NCCc2nc3ccccc3[nH]2)ccc1OCc1ccccc1. The molecule has 4 rings (SSSR count). The van der Waals surface area contributed by atoms with Crippen molar-refractivity contribution in [2.24, 2.45) is 0 Å².